The first-order valence-electron chi connectivity index (χ1n) is 10.6. The van der Waals surface area contributed by atoms with Gasteiger partial charge >= 0.3 is 5.97 Å². The first-order valence-corrected chi connectivity index (χ1v) is 15.1. The van der Waals surface area contributed by atoms with E-state index in [-0.39, 0.29) is 17.6 Å². The van der Waals surface area contributed by atoms with Crippen molar-refractivity contribution < 1.29 is 9.53 Å². The van der Waals surface area contributed by atoms with E-state index in [1.54, 1.807) is 0 Å². The number of carbonyl (C=O) groups excluding carboxylic acids is 1. The molecule has 29 heavy (non-hydrogen) atoms. The maximum Gasteiger partial charge on any atom is 0.355 e. The summed E-state index contributed by atoms with van der Waals surface area (Å²) in [5, 5.41) is 1.04. The number of likely N-dealkylation sites (tertiary alicyclic amines) is 1. The normalized spacial score (nSPS) is 21.1. The SMILES string of the molecule is Cn1c(C(=O)O[C@@H]2C[C@@H](CC[Si](C)(C)C)N(C(C)(C)C)C2)cc2c(Br)cccc21. The van der Waals surface area contributed by atoms with Crippen molar-refractivity contribution in [3.8, 4) is 0 Å². The summed E-state index contributed by atoms with van der Waals surface area (Å²) in [6, 6.07) is 9.74. The molecular formula is C23H35BrN2O2Si. The monoisotopic (exact) mass is 478 g/mol. The number of carbonyl (C=O) groups is 1. The smallest absolute Gasteiger partial charge is 0.355 e. The van der Waals surface area contributed by atoms with Gasteiger partial charge in [-0.3, -0.25) is 4.90 Å². The van der Waals surface area contributed by atoms with Crippen LogP contribution in [0.1, 0.15) is 44.1 Å². The Bertz CT molecular complexity index is 895. The molecular weight excluding hydrogens is 444 g/mol. The van der Waals surface area contributed by atoms with Crippen molar-refractivity contribution in [1.82, 2.24) is 9.47 Å². The zero-order valence-corrected chi connectivity index (χ0v) is 21.5. The molecule has 2 atom stereocenters. The Morgan fingerprint density at radius 3 is 2.55 bits per heavy atom. The Hall–Kier alpha value is -1.11. The maximum absolute atomic E-state index is 13.0. The van der Waals surface area contributed by atoms with Crippen molar-refractivity contribution in [2.24, 2.45) is 7.05 Å². The fourth-order valence-corrected chi connectivity index (χ4v) is 6.06. The first-order chi connectivity index (χ1) is 13.4. The maximum atomic E-state index is 13.0. The summed E-state index contributed by atoms with van der Waals surface area (Å²) < 4.78 is 8.96. The Morgan fingerprint density at radius 2 is 1.97 bits per heavy atom. The summed E-state index contributed by atoms with van der Waals surface area (Å²) in [6.07, 6.45) is 2.08. The Balaban J connectivity index is 1.75. The molecule has 0 spiro atoms. The van der Waals surface area contributed by atoms with Crippen LogP contribution in [0.3, 0.4) is 0 Å². The highest BCUT2D eigenvalue weighted by Gasteiger charge is 2.40. The third-order valence-corrected chi connectivity index (χ3v) is 8.46. The largest absolute Gasteiger partial charge is 0.456 e. The summed E-state index contributed by atoms with van der Waals surface area (Å²) in [5.41, 5.74) is 1.72. The predicted molar refractivity (Wildman–Crippen MR) is 127 cm³/mol. The molecule has 0 unspecified atom stereocenters. The average molecular weight is 480 g/mol. The van der Waals surface area contributed by atoms with Gasteiger partial charge in [0.05, 0.1) is 0 Å². The molecule has 2 heterocycles. The lowest BCUT2D eigenvalue weighted by atomic mass is 10.0. The molecule has 160 valence electrons. The number of aryl methyl sites for hydroxylation is 1. The number of halogens is 1. The number of hydrogen-bond donors (Lipinski definition) is 0. The quantitative estimate of drug-likeness (QED) is 0.386. The molecule has 0 saturated carbocycles. The van der Waals surface area contributed by atoms with Crippen LogP contribution < -0.4 is 0 Å². The molecule has 1 aromatic carbocycles. The summed E-state index contributed by atoms with van der Waals surface area (Å²) in [6.45, 7) is 14.9. The third kappa shape index (κ3) is 5.15. The van der Waals surface area contributed by atoms with Gasteiger partial charge in [0.15, 0.2) is 0 Å². The predicted octanol–water partition coefficient (Wildman–Crippen LogP) is 6.07. The standard InChI is InChI=1S/C23H35BrN2O2Si/c1-23(2,3)26-15-17(13-16(26)11-12-29(5,6)7)28-22(27)21-14-18-19(24)9-8-10-20(18)25(21)4/h8-10,14,16-17H,11-13,15H2,1-7H3/t16-,17-/m1/s1. The molecule has 3 rings (SSSR count). The van der Waals surface area contributed by atoms with Crippen LogP contribution in [0.25, 0.3) is 10.9 Å². The van der Waals surface area contributed by atoms with Crippen molar-refractivity contribution in [2.75, 3.05) is 6.54 Å². The van der Waals surface area contributed by atoms with E-state index in [1.165, 1.54) is 12.5 Å². The summed E-state index contributed by atoms with van der Waals surface area (Å²) >= 11 is 3.58. The van der Waals surface area contributed by atoms with Crippen LogP contribution in [-0.2, 0) is 11.8 Å². The Morgan fingerprint density at radius 1 is 1.28 bits per heavy atom. The molecule has 0 bridgehead atoms. The fourth-order valence-electron chi connectivity index (χ4n) is 4.39. The summed E-state index contributed by atoms with van der Waals surface area (Å²) in [4.78, 5) is 15.6. The number of hydrogen-bond acceptors (Lipinski definition) is 3. The van der Waals surface area contributed by atoms with E-state index in [2.05, 4.69) is 61.2 Å². The van der Waals surface area contributed by atoms with E-state index in [4.69, 9.17) is 4.74 Å². The van der Waals surface area contributed by atoms with Gasteiger partial charge < -0.3 is 9.30 Å². The minimum Gasteiger partial charge on any atom is -0.456 e. The van der Waals surface area contributed by atoms with Crippen molar-refractivity contribution in [2.45, 2.75) is 77.0 Å². The van der Waals surface area contributed by atoms with Crippen LogP contribution in [0, 0.1) is 0 Å². The van der Waals surface area contributed by atoms with E-state index >= 15 is 0 Å². The topological polar surface area (TPSA) is 34.5 Å². The number of aromatic nitrogens is 1. The molecule has 1 aliphatic rings. The first kappa shape index (κ1) is 22.6. The highest BCUT2D eigenvalue weighted by atomic mass is 79.9. The summed E-state index contributed by atoms with van der Waals surface area (Å²) in [5.74, 6) is -0.222. The molecule has 0 radical (unpaired) electrons. The highest BCUT2D eigenvalue weighted by Crippen LogP contribution is 2.33. The molecule has 1 fully saturated rings. The van der Waals surface area contributed by atoms with Crippen LogP contribution in [-0.4, -0.2) is 47.7 Å². The second-order valence-electron chi connectivity index (χ2n) is 10.6. The van der Waals surface area contributed by atoms with Gasteiger partial charge in [0, 0.05) is 55.0 Å². The number of benzene rings is 1. The average Bonchev–Trinajstić information content (AvgIpc) is 3.15. The van der Waals surface area contributed by atoms with Gasteiger partial charge in [0.2, 0.25) is 0 Å². The molecule has 1 aromatic heterocycles. The van der Waals surface area contributed by atoms with Crippen LogP contribution in [0.5, 0.6) is 0 Å². The third-order valence-electron chi connectivity index (χ3n) is 5.98. The Labute approximate surface area is 184 Å². The van der Waals surface area contributed by atoms with Gasteiger partial charge in [-0.25, -0.2) is 4.79 Å². The Kier molecular flexibility index (Phi) is 6.38. The van der Waals surface area contributed by atoms with Crippen LogP contribution in [0.4, 0.5) is 0 Å². The lowest BCUT2D eigenvalue weighted by molar-refractivity contribution is 0.0280. The van der Waals surface area contributed by atoms with Gasteiger partial charge in [-0.15, -0.1) is 0 Å². The molecule has 0 aliphatic carbocycles. The van der Waals surface area contributed by atoms with Gasteiger partial charge in [0.25, 0.3) is 0 Å². The van der Waals surface area contributed by atoms with Crippen LogP contribution in [0.2, 0.25) is 25.7 Å². The minimum atomic E-state index is -1.09. The second-order valence-corrected chi connectivity index (χ2v) is 17.1. The summed E-state index contributed by atoms with van der Waals surface area (Å²) in [7, 11) is 0.835. The fraction of sp³-hybridized carbons (Fsp3) is 0.609. The second kappa shape index (κ2) is 8.20. The zero-order chi connectivity index (χ0) is 21.6. The number of rotatable bonds is 5. The van der Waals surface area contributed by atoms with Gasteiger partial charge in [-0.1, -0.05) is 47.7 Å². The van der Waals surface area contributed by atoms with E-state index in [0.29, 0.717) is 11.7 Å². The number of ether oxygens (including phenoxy) is 1. The molecule has 1 aliphatic heterocycles. The number of fused-ring (bicyclic) bond motifs is 1. The van der Waals surface area contributed by atoms with Gasteiger partial charge in [0.1, 0.15) is 11.8 Å². The number of esters is 1. The molecule has 0 N–H and O–H groups in total. The lowest BCUT2D eigenvalue weighted by Crippen LogP contribution is -2.45. The molecule has 1 saturated heterocycles. The number of nitrogens with zero attached hydrogens (tertiary/aromatic N) is 2. The van der Waals surface area contributed by atoms with E-state index < -0.39 is 8.07 Å². The molecule has 4 nitrogen and oxygen atoms in total. The highest BCUT2D eigenvalue weighted by molar-refractivity contribution is 9.10. The minimum absolute atomic E-state index is 0.0465. The molecule has 2 aromatic rings. The van der Waals surface area contributed by atoms with E-state index in [1.807, 2.05) is 35.9 Å². The lowest BCUT2D eigenvalue weighted by Gasteiger charge is -2.37. The van der Waals surface area contributed by atoms with Crippen LogP contribution >= 0.6 is 15.9 Å². The van der Waals surface area contributed by atoms with Crippen molar-refractivity contribution in [1.29, 1.82) is 0 Å². The molecule has 6 heteroatoms. The molecule has 0 amide bonds. The van der Waals surface area contributed by atoms with E-state index in [0.717, 1.165) is 28.3 Å². The van der Waals surface area contributed by atoms with E-state index in [9.17, 15) is 4.79 Å². The van der Waals surface area contributed by atoms with Crippen molar-refractivity contribution >= 4 is 40.9 Å². The van der Waals surface area contributed by atoms with Crippen molar-refractivity contribution in [3.63, 3.8) is 0 Å². The zero-order valence-electron chi connectivity index (χ0n) is 18.9. The van der Waals surface area contributed by atoms with Gasteiger partial charge in [-0.05, 0) is 45.4 Å². The van der Waals surface area contributed by atoms with Gasteiger partial charge in [-0.2, -0.15) is 0 Å². The van der Waals surface area contributed by atoms with Crippen molar-refractivity contribution in [3.05, 3.63) is 34.4 Å². The van der Waals surface area contributed by atoms with Crippen LogP contribution in [0.15, 0.2) is 28.7 Å².